The molecule has 0 aliphatic rings. The Bertz CT molecular complexity index is 622. The lowest BCUT2D eigenvalue weighted by Crippen LogP contribution is -2.35. The lowest BCUT2D eigenvalue weighted by Gasteiger charge is -2.14. The molecule has 0 bridgehead atoms. The maximum absolute atomic E-state index is 11.9. The average Bonchev–Trinajstić information content (AvgIpc) is 2.52. The summed E-state index contributed by atoms with van der Waals surface area (Å²) in [7, 11) is 0. The third kappa shape index (κ3) is 4.60. The Morgan fingerprint density at radius 1 is 1.14 bits per heavy atom. The number of benzene rings is 2. The highest BCUT2D eigenvalue weighted by Gasteiger charge is 2.10. The first-order valence-corrected chi connectivity index (χ1v) is 7.27. The van der Waals surface area contributed by atoms with Gasteiger partial charge in [-0.3, -0.25) is 4.79 Å². The minimum Gasteiger partial charge on any atom is -0.491 e. The van der Waals surface area contributed by atoms with Gasteiger partial charge in [0, 0.05) is 12.1 Å². The molecule has 2 N–H and O–H groups in total. The maximum Gasteiger partial charge on any atom is 0.251 e. The smallest absolute Gasteiger partial charge is 0.251 e. The second-order valence-corrected chi connectivity index (χ2v) is 5.31. The van der Waals surface area contributed by atoms with E-state index in [1.807, 2.05) is 50.2 Å². The van der Waals surface area contributed by atoms with Gasteiger partial charge in [-0.1, -0.05) is 35.9 Å². The number of aryl methyl sites for hydroxylation is 2. The molecule has 1 unspecified atom stereocenters. The van der Waals surface area contributed by atoms with Gasteiger partial charge >= 0.3 is 0 Å². The van der Waals surface area contributed by atoms with Crippen molar-refractivity contribution in [3.63, 3.8) is 0 Å². The van der Waals surface area contributed by atoms with Crippen LogP contribution in [0.4, 0.5) is 0 Å². The molecule has 0 saturated heterocycles. The van der Waals surface area contributed by atoms with Gasteiger partial charge in [-0.25, -0.2) is 0 Å². The van der Waals surface area contributed by atoms with Crippen molar-refractivity contribution in [2.75, 3.05) is 13.2 Å². The third-order valence-electron chi connectivity index (χ3n) is 3.34. The number of hydrogen-bond donors (Lipinski definition) is 2. The zero-order valence-corrected chi connectivity index (χ0v) is 12.9. The van der Waals surface area contributed by atoms with Crippen molar-refractivity contribution in [3.05, 3.63) is 65.2 Å². The van der Waals surface area contributed by atoms with Crippen molar-refractivity contribution in [1.29, 1.82) is 0 Å². The molecule has 0 aliphatic carbocycles. The number of nitrogens with one attached hydrogen (secondary N) is 1. The van der Waals surface area contributed by atoms with Gasteiger partial charge in [0.25, 0.3) is 5.91 Å². The molecule has 2 rings (SSSR count). The van der Waals surface area contributed by atoms with Crippen molar-refractivity contribution in [2.24, 2.45) is 0 Å². The number of ether oxygens (including phenoxy) is 1. The fourth-order valence-electron chi connectivity index (χ4n) is 1.98. The highest BCUT2D eigenvalue weighted by Crippen LogP contribution is 2.16. The van der Waals surface area contributed by atoms with E-state index in [0.717, 1.165) is 16.9 Å². The Labute approximate surface area is 130 Å². The fourth-order valence-corrected chi connectivity index (χ4v) is 1.98. The molecule has 0 fully saturated rings. The Hall–Kier alpha value is -2.33. The molecule has 4 nitrogen and oxygen atoms in total. The SMILES string of the molecule is Cc1ccc(C(=O)NCC(O)COc2ccccc2C)cc1. The van der Waals surface area contributed by atoms with Crippen LogP contribution < -0.4 is 10.1 Å². The van der Waals surface area contributed by atoms with E-state index in [2.05, 4.69) is 5.32 Å². The number of carbonyl (C=O) groups excluding carboxylic acids is 1. The zero-order valence-electron chi connectivity index (χ0n) is 12.9. The van der Waals surface area contributed by atoms with E-state index in [1.165, 1.54) is 0 Å². The fraction of sp³-hybridized carbons (Fsp3) is 0.278. The van der Waals surface area contributed by atoms with Gasteiger partial charge in [0.2, 0.25) is 0 Å². The van der Waals surface area contributed by atoms with Gasteiger partial charge in [-0.15, -0.1) is 0 Å². The Morgan fingerprint density at radius 2 is 1.82 bits per heavy atom. The highest BCUT2D eigenvalue weighted by atomic mass is 16.5. The molecular weight excluding hydrogens is 278 g/mol. The van der Waals surface area contributed by atoms with Crippen LogP contribution in [0.15, 0.2) is 48.5 Å². The largest absolute Gasteiger partial charge is 0.491 e. The molecule has 0 spiro atoms. The van der Waals surface area contributed by atoms with Gasteiger partial charge in [-0.2, -0.15) is 0 Å². The lowest BCUT2D eigenvalue weighted by atomic mass is 10.1. The molecule has 2 aromatic carbocycles. The topological polar surface area (TPSA) is 58.6 Å². The lowest BCUT2D eigenvalue weighted by molar-refractivity contribution is 0.0842. The first kappa shape index (κ1) is 16.0. The van der Waals surface area contributed by atoms with Crippen LogP contribution in [0.25, 0.3) is 0 Å². The van der Waals surface area contributed by atoms with Crippen LogP contribution in [0.1, 0.15) is 21.5 Å². The van der Waals surface area contributed by atoms with Crippen LogP contribution in [0.5, 0.6) is 5.75 Å². The Morgan fingerprint density at radius 3 is 2.50 bits per heavy atom. The number of hydrogen-bond acceptors (Lipinski definition) is 3. The molecule has 0 aliphatic heterocycles. The molecule has 0 aromatic heterocycles. The van der Waals surface area contributed by atoms with E-state index in [1.54, 1.807) is 12.1 Å². The number of aliphatic hydroxyl groups is 1. The summed E-state index contributed by atoms with van der Waals surface area (Å²) in [5.41, 5.74) is 2.69. The first-order chi connectivity index (χ1) is 10.6. The molecule has 0 radical (unpaired) electrons. The van der Waals surface area contributed by atoms with E-state index in [0.29, 0.717) is 5.56 Å². The molecule has 22 heavy (non-hydrogen) atoms. The Balaban J connectivity index is 1.78. The van der Waals surface area contributed by atoms with Gasteiger partial charge in [-0.05, 0) is 37.6 Å². The van der Waals surface area contributed by atoms with E-state index in [9.17, 15) is 9.90 Å². The molecule has 1 atom stereocenters. The molecule has 1 amide bonds. The van der Waals surface area contributed by atoms with Crippen LogP contribution >= 0.6 is 0 Å². The van der Waals surface area contributed by atoms with Crippen molar-refractivity contribution in [3.8, 4) is 5.75 Å². The number of aliphatic hydroxyl groups excluding tert-OH is 1. The van der Waals surface area contributed by atoms with E-state index in [-0.39, 0.29) is 19.1 Å². The van der Waals surface area contributed by atoms with Crippen molar-refractivity contribution >= 4 is 5.91 Å². The Kier molecular flexibility index (Phi) is 5.55. The highest BCUT2D eigenvalue weighted by molar-refractivity contribution is 5.94. The van der Waals surface area contributed by atoms with E-state index < -0.39 is 6.10 Å². The van der Waals surface area contributed by atoms with Crippen molar-refractivity contribution in [2.45, 2.75) is 20.0 Å². The zero-order chi connectivity index (χ0) is 15.9. The number of amides is 1. The van der Waals surface area contributed by atoms with Crippen molar-refractivity contribution < 1.29 is 14.6 Å². The summed E-state index contributed by atoms with van der Waals surface area (Å²) in [5, 5.41) is 12.6. The monoisotopic (exact) mass is 299 g/mol. The molecular formula is C18H21NO3. The van der Waals surface area contributed by atoms with Crippen LogP contribution in [0.3, 0.4) is 0 Å². The van der Waals surface area contributed by atoms with Gasteiger partial charge in [0.15, 0.2) is 0 Å². The first-order valence-electron chi connectivity index (χ1n) is 7.27. The minimum atomic E-state index is -0.756. The predicted molar refractivity (Wildman–Crippen MR) is 86.2 cm³/mol. The summed E-state index contributed by atoms with van der Waals surface area (Å²) in [5.74, 6) is 0.543. The molecule has 0 heterocycles. The summed E-state index contributed by atoms with van der Waals surface area (Å²) >= 11 is 0. The molecule has 4 heteroatoms. The van der Waals surface area contributed by atoms with Crippen LogP contribution in [-0.2, 0) is 0 Å². The summed E-state index contributed by atoms with van der Waals surface area (Å²) in [6, 6.07) is 14.9. The minimum absolute atomic E-state index is 0.138. The predicted octanol–water partition coefficient (Wildman–Crippen LogP) is 2.47. The standard InChI is InChI=1S/C18H21NO3/c1-13-7-9-15(10-8-13)18(21)19-11-16(20)12-22-17-6-4-3-5-14(17)2/h3-10,16,20H,11-12H2,1-2H3,(H,19,21). The summed E-state index contributed by atoms with van der Waals surface area (Å²) < 4.78 is 5.55. The quantitative estimate of drug-likeness (QED) is 0.861. The second kappa shape index (κ2) is 7.61. The van der Waals surface area contributed by atoms with E-state index >= 15 is 0 Å². The van der Waals surface area contributed by atoms with E-state index in [4.69, 9.17) is 4.74 Å². The van der Waals surface area contributed by atoms with Crippen LogP contribution in [-0.4, -0.2) is 30.3 Å². The second-order valence-electron chi connectivity index (χ2n) is 5.31. The number of rotatable bonds is 6. The third-order valence-corrected chi connectivity index (χ3v) is 3.34. The number of para-hydroxylation sites is 1. The summed E-state index contributed by atoms with van der Waals surface area (Å²) in [4.78, 5) is 11.9. The van der Waals surface area contributed by atoms with Crippen LogP contribution in [0, 0.1) is 13.8 Å². The van der Waals surface area contributed by atoms with Gasteiger partial charge in [0.1, 0.15) is 18.5 Å². The average molecular weight is 299 g/mol. The van der Waals surface area contributed by atoms with Gasteiger partial charge < -0.3 is 15.2 Å². The summed E-state index contributed by atoms with van der Waals surface area (Å²) in [6.07, 6.45) is -0.756. The molecule has 2 aromatic rings. The normalized spacial score (nSPS) is 11.8. The maximum atomic E-state index is 11.9. The van der Waals surface area contributed by atoms with Crippen molar-refractivity contribution in [1.82, 2.24) is 5.32 Å². The molecule has 0 saturated carbocycles. The van der Waals surface area contributed by atoms with Gasteiger partial charge in [0.05, 0.1) is 0 Å². The summed E-state index contributed by atoms with van der Waals surface area (Å²) in [6.45, 7) is 4.20. The van der Waals surface area contributed by atoms with Crippen LogP contribution in [0.2, 0.25) is 0 Å². The molecule has 116 valence electrons. The number of carbonyl (C=O) groups is 1.